The van der Waals surface area contributed by atoms with Gasteiger partial charge in [0.05, 0.1) is 6.42 Å². The van der Waals surface area contributed by atoms with E-state index < -0.39 is 0 Å². The molecule has 0 fully saturated rings. The molecule has 1 heterocycles. The summed E-state index contributed by atoms with van der Waals surface area (Å²) in [5.74, 6) is 0. The van der Waals surface area contributed by atoms with Gasteiger partial charge in [-0.05, 0) is 11.7 Å². The molecule has 0 saturated carbocycles. The molecule has 1 unspecified atom stereocenters. The fourth-order valence-electron chi connectivity index (χ4n) is 0.956. The average Bonchev–Trinajstić information content (AvgIpc) is 2.11. The van der Waals surface area contributed by atoms with Gasteiger partial charge in [-0.3, -0.25) is 4.84 Å². The molecule has 0 aromatic heterocycles. The van der Waals surface area contributed by atoms with Gasteiger partial charge in [0.1, 0.15) is 0 Å². The molecule has 1 rings (SSSR count). The summed E-state index contributed by atoms with van der Waals surface area (Å²) < 4.78 is 1.94. The van der Waals surface area contributed by atoms with Crippen molar-refractivity contribution in [2.24, 2.45) is 0 Å². The first-order chi connectivity index (χ1) is 4.50. The van der Waals surface area contributed by atoms with Gasteiger partial charge in [-0.15, -0.1) is 0 Å². The van der Waals surface area contributed by atoms with E-state index in [1.165, 1.54) is 0 Å². The summed E-state index contributed by atoms with van der Waals surface area (Å²) in [7, 11) is 0. The Kier molecular flexibility index (Phi) is 1.71. The molecule has 58 valence electrons. The van der Waals surface area contributed by atoms with Crippen LogP contribution in [-0.2, 0) is 4.84 Å². The van der Waals surface area contributed by atoms with Crippen LogP contribution in [0.25, 0.3) is 0 Å². The van der Waals surface area contributed by atoms with E-state index in [2.05, 4.69) is 33.9 Å². The molecule has 0 spiro atoms. The Morgan fingerprint density at radius 2 is 2.10 bits per heavy atom. The summed E-state index contributed by atoms with van der Waals surface area (Å²) in [5.41, 5.74) is 0.116. The van der Waals surface area contributed by atoms with Gasteiger partial charge in [0.25, 0.3) is 0 Å². The molecule has 0 aliphatic carbocycles. The van der Waals surface area contributed by atoms with Crippen LogP contribution in [0.15, 0.2) is 0 Å². The predicted molar refractivity (Wildman–Crippen MR) is 41.2 cm³/mol. The number of hydrogen-bond donors (Lipinski definition) is 0. The molecule has 10 heavy (non-hydrogen) atoms. The fraction of sp³-hybridized carbons (Fsp3) is 0.875. The van der Waals surface area contributed by atoms with E-state index in [4.69, 9.17) is 4.84 Å². The van der Waals surface area contributed by atoms with Crippen LogP contribution >= 0.6 is 0 Å². The van der Waals surface area contributed by atoms with Gasteiger partial charge in [0.15, 0.2) is 12.3 Å². The summed E-state index contributed by atoms with van der Waals surface area (Å²) in [6, 6.07) is 0. The van der Waals surface area contributed by atoms with E-state index in [9.17, 15) is 0 Å². The second-order valence-electron chi connectivity index (χ2n) is 3.83. The smallest absolute Gasteiger partial charge is 0.203 e. The molecule has 2 heteroatoms. The van der Waals surface area contributed by atoms with Crippen LogP contribution < -0.4 is 0 Å². The van der Waals surface area contributed by atoms with E-state index >= 15 is 0 Å². The van der Waals surface area contributed by atoms with E-state index in [1.54, 1.807) is 0 Å². The molecular weight excluding hydrogens is 126 g/mol. The van der Waals surface area contributed by atoms with Crippen molar-refractivity contribution in [3.8, 4) is 0 Å². The Morgan fingerprint density at radius 3 is 2.30 bits per heavy atom. The quantitative estimate of drug-likeness (QED) is 0.468. The molecule has 0 aromatic rings. The summed E-state index contributed by atoms with van der Waals surface area (Å²) in [5, 5.41) is 0. The third kappa shape index (κ3) is 1.49. The fourth-order valence-corrected chi connectivity index (χ4v) is 0.956. The van der Waals surface area contributed by atoms with Crippen molar-refractivity contribution < 1.29 is 9.58 Å². The zero-order valence-electron chi connectivity index (χ0n) is 7.22. The van der Waals surface area contributed by atoms with E-state index in [1.807, 2.05) is 4.74 Å². The Bertz CT molecular complexity index is 155. The molecule has 0 amide bonds. The first-order valence-corrected chi connectivity index (χ1v) is 3.79. The number of rotatable bonds is 0. The van der Waals surface area contributed by atoms with Gasteiger partial charge in [0.2, 0.25) is 5.54 Å². The van der Waals surface area contributed by atoms with Crippen LogP contribution in [0.2, 0.25) is 0 Å². The lowest BCUT2D eigenvalue weighted by Gasteiger charge is -2.12. The Labute approximate surface area is 62.5 Å². The van der Waals surface area contributed by atoms with Crippen LogP contribution in [0.4, 0.5) is 0 Å². The predicted octanol–water partition coefficient (Wildman–Crippen LogP) is 1.59. The monoisotopic (exact) mass is 142 g/mol. The maximum atomic E-state index is 5.50. The van der Waals surface area contributed by atoms with Crippen molar-refractivity contribution in [2.75, 3.05) is 0 Å². The summed E-state index contributed by atoms with van der Waals surface area (Å²) in [6.45, 7) is 8.51. The minimum absolute atomic E-state index is 0.116. The highest BCUT2D eigenvalue weighted by Crippen LogP contribution is 2.14. The Morgan fingerprint density at radius 1 is 1.50 bits per heavy atom. The van der Waals surface area contributed by atoms with Crippen LogP contribution in [-0.4, -0.2) is 22.6 Å². The normalized spacial score (nSPS) is 26.0. The highest BCUT2D eigenvalue weighted by atomic mass is 16.7. The van der Waals surface area contributed by atoms with E-state index in [0.717, 1.165) is 6.42 Å². The Balaban J connectivity index is 2.60. The van der Waals surface area contributed by atoms with Crippen LogP contribution in [0.3, 0.4) is 0 Å². The van der Waals surface area contributed by atoms with Gasteiger partial charge in [-0.1, -0.05) is 0 Å². The lowest BCUT2D eigenvalue weighted by atomic mass is 10.1. The summed E-state index contributed by atoms with van der Waals surface area (Å²) in [4.78, 5) is 5.50. The molecule has 0 saturated heterocycles. The number of hydrogen-bond acceptors (Lipinski definition) is 1. The highest BCUT2D eigenvalue weighted by molar-refractivity contribution is 5.52. The second-order valence-corrected chi connectivity index (χ2v) is 3.83. The summed E-state index contributed by atoms with van der Waals surface area (Å²) >= 11 is 0. The molecule has 0 bridgehead atoms. The molecule has 0 radical (unpaired) electrons. The third-order valence-corrected chi connectivity index (χ3v) is 1.56. The zero-order chi connectivity index (χ0) is 7.78. The molecular formula is C8H16NO+. The van der Waals surface area contributed by atoms with Gasteiger partial charge < -0.3 is 0 Å². The maximum absolute atomic E-state index is 5.50. The molecule has 1 aliphatic heterocycles. The average molecular weight is 142 g/mol. The maximum Gasteiger partial charge on any atom is 0.203 e. The van der Waals surface area contributed by atoms with Crippen molar-refractivity contribution >= 4 is 6.21 Å². The van der Waals surface area contributed by atoms with Gasteiger partial charge in [0, 0.05) is 20.8 Å². The van der Waals surface area contributed by atoms with Gasteiger partial charge in [-0.2, -0.15) is 0 Å². The number of nitrogens with zero attached hydrogens (tertiary/aromatic N) is 1. The zero-order valence-corrected chi connectivity index (χ0v) is 7.22. The lowest BCUT2D eigenvalue weighted by Crippen LogP contribution is -2.31. The number of hydroxylamine groups is 1. The first kappa shape index (κ1) is 7.58. The Hall–Kier alpha value is -0.530. The largest absolute Gasteiger partial charge is 0.273 e. The molecule has 1 atom stereocenters. The van der Waals surface area contributed by atoms with Crippen molar-refractivity contribution in [2.45, 2.75) is 45.8 Å². The van der Waals surface area contributed by atoms with E-state index in [0.29, 0.717) is 6.10 Å². The second kappa shape index (κ2) is 2.26. The lowest BCUT2D eigenvalue weighted by molar-refractivity contribution is -0.826. The minimum atomic E-state index is 0.116. The van der Waals surface area contributed by atoms with Crippen molar-refractivity contribution in [3.05, 3.63) is 0 Å². The first-order valence-electron chi connectivity index (χ1n) is 3.79. The van der Waals surface area contributed by atoms with Crippen LogP contribution in [0, 0.1) is 0 Å². The topological polar surface area (TPSA) is 12.2 Å². The standard InChI is InChI=1S/C8H16NO/c1-7-5-6-9(10-7)8(2,3)4/h6-7H,5H2,1-4H3/q+1. The third-order valence-electron chi connectivity index (χ3n) is 1.56. The van der Waals surface area contributed by atoms with Crippen molar-refractivity contribution in [1.29, 1.82) is 0 Å². The van der Waals surface area contributed by atoms with E-state index in [-0.39, 0.29) is 5.54 Å². The highest BCUT2D eigenvalue weighted by Gasteiger charge is 2.32. The van der Waals surface area contributed by atoms with Crippen LogP contribution in [0.1, 0.15) is 34.1 Å². The molecule has 2 nitrogen and oxygen atoms in total. The molecule has 0 N–H and O–H groups in total. The summed E-state index contributed by atoms with van der Waals surface area (Å²) in [6.07, 6.45) is 3.52. The molecule has 1 aliphatic rings. The van der Waals surface area contributed by atoms with Gasteiger partial charge in [-0.25, -0.2) is 0 Å². The SMILES string of the molecule is CC1CC=[N+](C(C)(C)C)O1. The minimum Gasteiger partial charge on any atom is -0.273 e. The van der Waals surface area contributed by atoms with Crippen LogP contribution in [0.5, 0.6) is 0 Å². The van der Waals surface area contributed by atoms with Crippen molar-refractivity contribution in [3.63, 3.8) is 0 Å². The molecule has 0 aromatic carbocycles. The van der Waals surface area contributed by atoms with Gasteiger partial charge >= 0.3 is 0 Å². The van der Waals surface area contributed by atoms with Crippen molar-refractivity contribution in [1.82, 2.24) is 0 Å².